The molecule has 1 aliphatic carbocycles. The average Bonchev–Trinajstić information content (AvgIpc) is 3.03. The summed E-state index contributed by atoms with van der Waals surface area (Å²) in [6.45, 7) is 0. The van der Waals surface area contributed by atoms with Crippen LogP contribution < -0.4 is 10.6 Å². The van der Waals surface area contributed by atoms with E-state index in [1.165, 1.54) is 24.9 Å². The highest BCUT2D eigenvalue weighted by molar-refractivity contribution is 8.04. The Morgan fingerprint density at radius 1 is 1.29 bits per heavy atom. The molecular formula is C15H18N4O4S. The minimum atomic E-state index is -0.530. The first-order valence-corrected chi connectivity index (χ1v) is 8.38. The highest BCUT2D eigenvalue weighted by atomic mass is 32.2. The molecule has 2 rings (SSSR count). The van der Waals surface area contributed by atoms with Gasteiger partial charge in [0.1, 0.15) is 11.3 Å². The minimum absolute atomic E-state index is 0.0140. The van der Waals surface area contributed by atoms with Crippen LogP contribution in [0, 0.1) is 5.41 Å². The number of nitrogens with one attached hydrogen (secondary N) is 3. The molecule has 2 amide bonds. The Balaban J connectivity index is 2.02. The van der Waals surface area contributed by atoms with E-state index in [1.54, 1.807) is 7.05 Å². The minimum Gasteiger partial charge on any atom is -0.359 e. The molecule has 0 unspecified atom stereocenters. The first-order valence-electron chi connectivity index (χ1n) is 7.40. The van der Waals surface area contributed by atoms with Crippen LogP contribution in [0.2, 0.25) is 0 Å². The molecule has 3 N–H and O–H groups in total. The lowest BCUT2D eigenvalue weighted by Gasteiger charge is -2.11. The van der Waals surface area contributed by atoms with Gasteiger partial charge in [-0.2, -0.15) is 0 Å². The molecule has 0 aliphatic heterocycles. The second kappa shape index (κ2) is 7.91. The van der Waals surface area contributed by atoms with Gasteiger partial charge in [0, 0.05) is 20.5 Å². The zero-order valence-electron chi connectivity index (χ0n) is 13.4. The molecule has 0 aromatic carbocycles. The summed E-state index contributed by atoms with van der Waals surface area (Å²) in [4.78, 5) is 35.8. The number of rotatable bonds is 7. The molecule has 0 spiro atoms. The number of amides is 2. The third-order valence-corrected chi connectivity index (χ3v) is 4.55. The number of aromatic nitrogens is 1. The molecule has 9 heteroatoms. The van der Waals surface area contributed by atoms with Crippen LogP contribution >= 0.6 is 11.8 Å². The van der Waals surface area contributed by atoms with E-state index in [-0.39, 0.29) is 34.4 Å². The SMILES string of the molecule is CNC(=O)CCCCSC1=CC(=N)c2onc(C(=O)NC)c2C1=O. The number of ketones is 1. The van der Waals surface area contributed by atoms with Crippen molar-refractivity contribution in [2.24, 2.45) is 0 Å². The Bertz CT molecular complexity index is 723. The van der Waals surface area contributed by atoms with E-state index in [0.717, 1.165) is 6.42 Å². The molecule has 1 aliphatic rings. The van der Waals surface area contributed by atoms with E-state index in [9.17, 15) is 14.4 Å². The molecule has 1 aromatic heterocycles. The lowest BCUT2D eigenvalue weighted by molar-refractivity contribution is -0.120. The van der Waals surface area contributed by atoms with E-state index in [0.29, 0.717) is 23.5 Å². The summed E-state index contributed by atoms with van der Waals surface area (Å²) < 4.78 is 4.97. The molecule has 128 valence electrons. The summed E-state index contributed by atoms with van der Waals surface area (Å²) in [5.41, 5.74) is -0.0529. The maximum atomic E-state index is 12.6. The second-order valence-corrected chi connectivity index (χ2v) is 6.18. The van der Waals surface area contributed by atoms with Crippen LogP contribution in [0.25, 0.3) is 0 Å². The third-order valence-electron chi connectivity index (χ3n) is 3.44. The number of hydrogen-bond acceptors (Lipinski definition) is 7. The summed E-state index contributed by atoms with van der Waals surface area (Å²) >= 11 is 1.30. The van der Waals surface area contributed by atoms with Gasteiger partial charge in [0.25, 0.3) is 5.91 Å². The van der Waals surface area contributed by atoms with Crippen molar-refractivity contribution < 1.29 is 18.9 Å². The van der Waals surface area contributed by atoms with Gasteiger partial charge >= 0.3 is 0 Å². The molecule has 1 heterocycles. The maximum Gasteiger partial charge on any atom is 0.274 e. The number of unbranched alkanes of at least 4 members (excludes halogenated alkanes) is 1. The van der Waals surface area contributed by atoms with E-state index >= 15 is 0 Å². The summed E-state index contributed by atoms with van der Waals surface area (Å²) in [7, 11) is 3.02. The van der Waals surface area contributed by atoms with Crippen LogP contribution in [0.15, 0.2) is 15.5 Å². The van der Waals surface area contributed by atoms with Gasteiger partial charge in [-0.15, -0.1) is 11.8 Å². The van der Waals surface area contributed by atoms with Gasteiger partial charge in [0.05, 0.1) is 4.91 Å². The Kier molecular flexibility index (Phi) is 5.91. The predicted octanol–water partition coefficient (Wildman–Crippen LogP) is 1.13. The van der Waals surface area contributed by atoms with Crippen molar-refractivity contribution in [3.05, 3.63) is 28.0 Å². The molecule has 0 atom stereocenters. The van der Waals surface area contributed by atoms with Crippen LogP contribution in [-0.2, 0) is 4.79 Å². The van der Waals surface area contributed by atoms with Crippen LogP contribution in [0.3, 0.4) is 0 Å². The monoisotopic (exact) mass is 350 g/mol. The molecular weight excluding hydrogens is 332 g/mol. The van der Waals surface area contributed by atoms with Crippen LogP contribution in [0.4, 0.5) is 0 Å². The first-order chi connectivity index (χ1) is 11.5. The summed E-state index contributed by atoms with van der Waals surface area (Å²) in [6.07, 6.45) is 3.34. The average molecular weight is 350 g/mol. The number of hydrogen-bond donors (Lipinski definition) is 3. The lowest BCUT2D eigenvalue weighted by atomic mass is 9.99. The van der Waals surface area contributed by atoms with E-state index < -0.39 is 5.91 Å². The number of allylic oxidation sites excluding steroid dienone is 2. The highest BCUT2D eigenvalue weighted by Crippen LogP contribution is 2.31. The lowest BCUT2D eigenvalue weighted by Crippen LogP contribution is -2.23. The fourth-order valence-corrected chi connectivity index (χ4v) is 3.15. The number of carbonyl (C=O) groups is 3. The van der Waals surface area contributed by atoms with Crippen molar-refractivity contribution in [3.8, 4) is 0 Å². The number of Topliss-reactive ketones (excluding diaryl/α,β-unsaturated/α-hetero) is 1. The molecule has 8 nitrogen and oxygen atoms in total. The Hall–Kier alpha value is -2.42. The van der Waals surface area contributed by atoms with Crippen molar-refractivity contribution in [2.75, 3.05) is 19.8 Å². The van der Waals surface area contributed by atoms with Gasteiger partial charge in [0.2, 0.25) is 11.7 Å². The zero-order valence-corrected chi connectivity index (χ0v) is 14.2. The highest BCUT2D eigenvalue weighted by Gasteiger charge is 2.34. The Morgan fingerprint density at radius 3 is 2.71 bits per heavy atom. The number of nitrogens with zero attached hydrogens (tertiary/aromatic N) is 1. The number of thioether (sulfide) groups is 1. The summed E-state index contributed by atoms with van der Waals surface area (Å²) in [6, 6.07) is 0. The second-order valence-electron chi connectivity index (χ2n) is 5.04. The largest absolute Gasteiger partial charge is 0.359 e. The van der Waals surface area contributed by atoms with Crippen molar-refractivity contribution in [2.45, 2.75) is 19.3 Å². The van der Waals surface area contributed by atoms with Gasteiger partial charge in [-0.25, -0.2) is 0 Å². The quantitative estimate of drug-likeness (QED) is 0.633. The maximum absolute atomic E-state index is 12.6. The number of fused-ring (bicyclic) bond motifs is 1. The molecule has 0 radical (unpaired) electrons. The van der Waals surface area contributed by atoms with E-state index in [1.807, 2.05) is 0 Å². The molecule has 24 heavy (non-hydrogen) atoms. The van der Waals surface area contributed by atoms with Crippen molar-refractivity contribution in [3.63, 3.8) is 0 Å². The molecule has 0 saturated heterocycles. The smallest absolute Gasteiger partial charge is 0.274 e. The van der Waals surface area contributed by atoms with Crippen LogP contribution in [0.1, 0.15) is 45.9 Å². The van der Waals surface area contributed by atoms with Crippen molar-refractivity contribution in [1.82, 2.24) is 15.8 Å². The van der Waals surface area contributed by atoms with Gasteiger partial charge < -0.3 is 15.2 Å². The molecule has 0 fully saturated rings. The van der Waals surface area contributed by atoms with Gasteiger partial charge in [-0.05, 0) is 24.7 Å². The Morgan fingerprint density at radius 2 is 2.04 bits per heavy atom. The molecule has 0 saturated carbocycles. The normalized spacial score (nSPS) is 13.3. The fourth-order valence-electron chi connectivity index (χ4n) is 2.15. The fraction of sp³-hybridized carbons (Fsp3) is 0.400. The summed E-state index contributed by atoms with van der Waals surface area (Å²) in [5.74, 6) is -0.255. The topological polar surface area (TPSA) is 125 Å². The third kappa shape index (κ3) is 3.73. The first kappa shape index (κ1) is 17.9. The van der Waals surface area contributed by atoms with E-state index in [4.69, 9.17) is 9.93 Å². The van der Waals surface area contributed by atoms with Crippen molar-refractivity contribution >= 4 is 35.1 Å². The number of carbonyl (C=O) groups excluding carboxylic acids is 3. The van der Waals surface area contributed by atoms with Crippen LogP contribution in [0.5, 0.6) is 0 Å². The molecule has 0 bridgehead atoms. The standard InChI is InChI=1S/C15H18N4O4S/c1-17-10(20)5-3-4-6-24-9-7-8(16)14-11(13(9)21)12(19-23-14)15(22)18-2/h7,16H,3-6H2,1-2H3,(H,17,20)(H,18,22). The van der Waals surface area contributed by atoms with Crippen molar-refractivity contribution in [1.29, 1.82) is 5.41 Å². The van der Waals surface area contributed by atoms with E-state index in [2.05, 4.69) is 15.8 Å². The van der Waals surface area contributed by atoms with Crippen LogP contribution in [-0.4, -0.2) is 48.3 Å². The summed E-state index contributed by atoms with van der Waals surface area (Å²) in [5, 5.41) is 16.5. The molecule has 1 aromatic rings. The predicted molar refractivity (Wildman–Crippen MR) is 89.5 cm³/mol. The van der Waals surface area contributed by atoms with Gasteiger partial charge in [0.15, 0.2) is 11.5 Å². The zero-order chi connectivity index (χ0) is 17.7. The Labute approximate surface area is 142 Å². The van der Waals surface area contributed by atoms with Gasteiger partial charge in [-0.1, -0.05) is 5.16 Å². The van der Waals surface area contributed by atoms with Gasteiger partial charge in [-0.3, -0.25) is 19.8 Å².